The normalized spacial score (nSPS) is 12.0. The van der Waals surface area contributed by atoms with Crippen molar-refractivity contribution < 1.29 is 31.1 Å². The summed E-state index contributed by atoms with van der Waals surface area (Å²) in [5, 5.41) is 4.34. The maximum Gasteiger partial charge on any atom is 0.416 e. The monoisotopic (exact) mass is 440 g/mol. The number of hydrogen-bond acceptors (Lipinski definition) is 1. The number of hydrogen-bond donors (Lipinski definition) is 2. The van der Waals surface area contributed by atoms with Crippen molar-refractivity contribution in [1.29, 1.82) is 0 Å². The van der Waals surface area contributed by atoms with Gasteiger partial charge >= 0.3 is 18.4 Å². The van der Waals surface area contributed by atoms with E-state index in [9.17, 15) is 31.1 Å². The third kappa shape index (κ3) is 5.65. The molecule has 10 heteroatoms. The van der Waals surface area contributed by atoms with Crippen molar-refractivity contribution in [1.82, 2.24) is 5.32 Å². The van der Waals surface area contributed by atoms with Crippen LogP contribution in [-0.2, 0) is 18.9 Å². The lowest BCUT2D eigenvalue weighted by Crippen LogP contribution is -2.28. The molecule has 2 rings (SSSR count). The van der Waals surface area contributed by atoms with Gasteiger partial charge in [-0.15, -0.1) is 0 Å². The van der Waals surface area contributed by atoms with Crippen molar-refractivity contribution in [3.05, 3.63) is 63.6 Å². The molecule has 2 aromatic rings. The lowest BCUT2D eigenvalue weighted by molar-refractivity contribution is -0.143. The topological polar surface area (TPSA) is 41.1 Å². The second kappa shape index (κ2) is 7.56. The summed E-state index contributed by atoms with van der Waals surface area (Å²) < 4.78 is 77.5. The molecule has 2 aromatic carbocycles. The minimum absolute atomic E-state index is 0.00901. The number of anilines is 1. The fourth-order valence-electron chi connectivity index (χ4n) is 1.99. The molecule has 0 radical (unpaired) electrons. The first-order valence-electron chi connectivity index (χ1n) is 7.04. The van der Waals surface area contributed by atoms with Gasteiger partial charge in [-0.1, -0.05) is 28.1 Å². The van der Waals surface area contributed by atoms with E-state index in [-0.39, 0.29) is 12.6 Å². The van der Waals surface area contributed by atoms with E-state index in [0.29, 0.717) is 17.7 Å². The van der Waals surface area contributed by atoms with Gasteiger partial charge in [-0.05, 0) is 35.9 Å². The van der Waals surface area contributed by atoms with Gasteiger partial charge in [-0.25, -0.2) is 4.79 Å². The summed E-state index contributed by atoms with van der Waals surface area (Å²) in [6.45, 7) is 0.0458. The Bertz CT molecular complexity index is 755. The van der Waals surface area contributed by atoms with Crippen molar-refractivity contribution in [3.63, 3.8) is 0 Å². The molecule has 0 atom stereocenters. The van der Waals surface area contributed by atoms with Gasteiger partial charge in [0.1, 0.15) is 0 Å². The highest BCUT2D eigenvalue weighted by Crippen LogP contribution is 2.37. The average Bonchev–Trinajstić information content (AvgIpc) is 2.52. The molecule has 0 aliphatic rings. The van der Waals surface area contributed by atoms with E-state index in [1.165, 1.54) is 0 Å². The maximum absolute atomic E-state index is 12.8. The molecule has 0 aliphatic heterocycles. The summed E-state index contributed by atoms with van der Waals surface area (Å²) in [7, 11) is 0. The number of carbonyl (C=O) groups is 1. The van der Waals surface area contributed by atoms with Crippen LogP contribution in [0.25, 0.3) is 0 Å². The van der Waals surface area contributed by atoms with Crippen molar-refractivity contribution in [2.24, 2.45) is 0 Å². The van der Waals surface area contributed by atoms with Crippen molar-refractivity contribution >= 4 is 27.6 Å². The molecule has 3 nitrogen and oxygen atoms in total. The molecule has 2 amide bonds. The zero-order valence-corrected chi connectivity index (χ0v) is 14.4. The van der Waals surface area contributed by atoms with Crippen LogP contribution in [0.1, 0.15) is 16.7 Å². The van der Waals surface area contributed by atoms with Crippen molar-refractivity contribution in [2.75, 3.05) is 5.32 Å². The average molecular weight is 441 g/mol. The van der Waals surface area contributed by atoms with Gasteiger partial charge in [0.05, 0.1) is 11.1 Å². The number of carbonyl (C=O) groups excluding carboxylic acids is 1. The molecule has 0 bridgehead atoms. The summed E-state index contributed by atoms with van der Waals surface area (Å²) in [5.74, 6) is 0. The van der Waals surface area contributed by atoms with Gasteiger partial charge in [-0.3, -0.25) is 0 Å². The lowest BCUT2D eigenvalue weighted by atomic mass is 10.1. The molecule has 0 fully saturated rings. The van der Waals surface area contributed by atoms with E-state index in [0.717, 1.165) is 4.47 Å². The molecule has 0 spiro atoms. The molecule has 0 unspecified atom stereocenters. The molecule has 0 heterocycles. The Morgan fingerprint density at radius 2 is 1.38 bits per heavy atom. The highest BCUT2D eigenvalue weighted by Gasteiger charge is 2.37. The first-order chi connectivity index (χ1) is 11.9. The highest BCUT2D eigenvalue weighted by atomic mass is 79.9. The van der Waals surface area contributed by atoms with E-state index in [2.05, 4.69) is 21.2 Å². The summed E-state index contributed by atoms with van der Waals surface area (Å²) in [6, 6.07) is 6.76. The minimum Gasteiger partial charge on any atom is -0.334 e. The standard InChI is InChI=1S/C16H11BrF6N2O/c17-12-3-1-9(2-4-12)8-24-14(26)25-13-6-10(15(18,19)20)5-11(7-13)16(21,22)23/h1-7H,8H2,(H2,24,25,26). The molecule has 0 aromatic heterocycles. The van der Waals surface area contributed by atoms with E-state index in [4.69, 9.17) is 0 Å². The second-order valence-electron chi connectivity index (χ2n) is 5.23. The fourth-order valence-corrected chi connectivity index (χ4v) is 2.25. The Hall–Kier alpha value is -2.23. The molecular weight excluding hydrogens is 430 g/mol. The Morgan fingerprint density at radius 1 is 0.885 bits per heavy atom. The number of nitrogens with one attached hydrogen (secondary N) is 2. The number of amides is 2. The molecule has 0 saturated heterocycles. The quantitative estimate of drug-likeness (QED) is 0.581. The summed E-state index contributed by atoms with van der Waals surface area (Å²) in [6.07, 6.45) is -9.96. The van der Waals surface area contributed by atoms with E-state index >= 15 is 0 Å². The number of rotatable bonds is 3. The fraction of sp³-hybridized carbons (Fsp3) is 0.188. The van der Waals surface area contributed by atoms with Gasteiger partial charge in [-0.2, -0.15) is 26.3 Å². The first-order valence-corrected chi connectivity index (χ1v) is 7.83. The summed E-state index contributed by atoms with van der Waals surface area (Å²) in [5.41, 5.74) is -2.92. The SMILES string of the molecule is O=C(NCc1ccc(Br)cc1)Nc1cc(C(F)(F)F)cc(C(F)(F)F)c1. The van der Waals surface area contributed by atoms with Gasteiger partial charge in [0.2, 0.25) is 0 Å². The largest absolute Gasteiger partial charge is 0.416 e. The molecular formula is C16H11BrF6N2O. The Morgan fingerprint density at radius 3 is 1.85 bits per heavy atom. The predicted octanol–water partition coefficient (Wildman–Crippen LogP) is 5.81. The Kier molecular flexibility index (Phi) is 5.84. The zero-order chi connectivity index (χ0) is 19.5. The van der Waals surface area contributed by atoms with Crippen LogP contribution >= 0.6 is 15.9 Å². The van der Waals surface area contributed by atoms with Gasteiger partial charge < -0.3 is 10.6 Å². The molecule has 0 aliphatic carbocycles. The van der Waals surface area contributed by atoms with E-state index in [1.54, 1.807) is 24.3 Å². The van der Waals surface area contributed by atoms with Crippen molar-refractivity contribution in [2.45, 2.75) is 18.9 Å². The summed E-state index contributed by atoms with van der Waals surface area (Å²) >= 11 is 3.23. The van der Waals surface area contributed by atoms with Crippen LogP contribution in [-0.4, -0.2) is 6.03 Å². The number of alkyl halides is 6. The lowest BCUT2D eigenvalue weighted by Gasteiger charge is -2.15. The second-order valence-corrected chi connectivity index (χ2v) is 6.14. The molecule has 26 heavy (non-hydrogen) atoms. The van der Waals surface area contributed by atoms with Gasteiger partial charge in [0.25, 0.3) is 0 Å². The van der Waals surface area contributed by atoms with Crippen LogP contribution in [0.5, 0.6) is 0 Å². The van der Waals surface area contributed by atoms with Gasteiger partial charge in [0.15, 0.2) is 0 Å². The molecule has 2 N–H and O–H groups in total. The minimum atomic E-state index is -4.98. The third-order valence-corrected chi connectivity index (χ3v) is 3.74. The Labute approximate surface area is 152 Å². The van der Waals surface area contributed by atoms with Crippen LogP contribution in [0.3, 0.4) is 0 Å². The van der Waals surface area contributed by atoms with E-state index < -0.39 is 35.2 Å². The first kappa shape index (κ1) is 20.1. The molecule has 140 valence electrons. The highest BCUT2D eigenvalue weighted by molar-refractivity contribution is 9.10. The predicted molar refractivity (Wildman–Crippen MR) is 86.4 cm³/mol. The van der Waals surface area contributed by atoms with Crippen LogP contribution < -0.4 is 10.6 Å². The third-order valence-electron chi connectivity index (χ3n) is 3.21. The van der Waals surface area contributed by atoms with Crippen LogP contribution in [0.2, 0.25) is 0 Å². The van der Waals surface area contributed by atoms with Crippen LogP contribution in [0.4, 0.5) is 36.8 Å². The number of halogens is 7. The maximum atomic E-state index is 12.8. The van der Waals surface area contributed by atoms with E-state index in [1.807, 2.05) is 5.32 Å². The number of urea groups is 1. The zero-order valence-electron chi connectivity index (χ0n) is 12.8. The van der Waals surface area contributed by atoms with Crippen molar-refractivity contribution in [3.8, 4) is 0 Å². The van der Waals surface area contributed by atoms with Gasteiger partial charge in [0, 0.05) is 16.7 Å². The van der Waals surface area contributed by atoms with Crippen LogP contribution in [0, 0.1) is 0 Å². The number of benzene rings is 2. The van der Waals surface area contributed by atoms with Crippen LogP contribution in [0.15, 0.2) is 46.9 Å². The Balaban J connectivity index is 2.14. The smallest absolute Gasteiger partial charge is 0.334 e. The summed E-state index contributed by atoms with van der Waals surface area (Å²) in [4.78, 5) is 11.8. The molecule has 0 saturated carbocycles.